The summed E-state index contributed by atoms with van der Waals surface area (Å²) in [6.45, 7) is 1.42. The Hall–Kier alpha value is -3.14. The molecule has 1 heterocycles. The Balaban J connectivity index is 1.47. The number of aliphatic carboxylic acids is 1. The second-order valence-corrected chi connectivity index (χ2v) is 8.11. The van der Waals surface area contributed by atoms with E-state index in [1.165, 1.54) is 5.56 Å². The van der Waals surface area contributed by atoms with Gasteiger partial charge in [-0.25, -0.2) is 0 Å². The maximum Gasteiger partial charge on any atom is 0.303 e. The minimum atomic E-state index is -0.750. The van der Waals surface area contributed by atoms with Crippen molar-refractivity contribution in [3.63, 3.8) is 0 Å². The quantitative estimate of drug-likeness (QED) is 0.606. The lowest BCUT2D eigenvalue weighted by molar-refractivity contribution is -0.137. The molecule has 3 aromatic rings. The molecule has 0 radical (unpaired) electrons. The van der Waals surface area contributed by atoms with Crippen LogP contribution in [0.5, 0.6) is 0 Å². The van der Waals surface area contributed by atoms with Crippen LogP contribution >= 0.6 is 0 Å². The molecule has 4 heteroatoms. The summed E-state index contributed by atoms with van der Waals surface area (Å²) in [7, 11) is 0. The minimum absolute atomic E-state index is 0.0899. The summed E-state index contributed by atoms with van der Waals surface area (Å²) in [6, 6.07) is 24.1. The third-order valence-electron chi connectivity index (χ3n) is 6.31. The van der Waals surface area contributed by atoms with E-state index in [0.717, 1.165) is 29.2 Å². The van der Waals surface area contributed by atoms with Gasteiger partial charge in [-0.1, -0.05) is 66.7 Å². The van der Waals surface area contributed by atoms with Crippen molar-refractivity contribution in [3.8, 4) is 0 Å². The summed E-state index contributed by atoms with van der Waals surface area (Å²) in [5.41, 5.74) is 1.97. The fourth-order valence-corrected chi connectivity index (χ4v) is 4.74. The molecule has 1 amide bonds. The number of rotatable bonds is 6. The van der Waals surface area contributed by atoms with Gasteiger partial charge in [-0.2, -0.15) is 0 Å². The standard InChI is InChI=1S/C26H27NO3/c28-25(29)14-13-22(19-7-2-1-3-8-19)21-15-17-27(18-16-21)26(30)24-12-6-10-20-9-4-5-11-23(20)24/h1-12,21-22H,13-18H2,(H,28,29). The van der Waals surface area contributed by atoms with E-state index in [-0.39, 0.29) is 18.2 Å². The highest BCUT2D eigenvalue weighted by Gasteiger charge is 2.30. The van der Waals surface area contributed by atoms with E-state index in [1.807, 2.05) is 65.6 Å². The Labute approximate surface area is 177 Å². The number of likely N-dealkylation sites (tertiary alicyclic amines) is 1. The lowest BCUT2D eigenvalue weighted by Crippen LogP contribution is -2.40. The summed E-state index contributed by atoms with van der Waals surface area (Å²) in [4.78, 5) is 26.3. The second-order valence-electron chi connectivity index (χ2n) is 8.11. The maximum absolute atomic E-state index is 13.2. The zero-order chi connectivity index (χ0) is 20.9. The van der Waals surface area contributed by atoms with Gasteiger partial charge in [0.25, 0.3) is 5.91 Å². The number of carboxylic acid groups (broad SMARTS) is 1. The number of hydrogen-bond donors (Lipinski definition) is 1. The molecule has 0 aliphatic carbocycles. The lowest BCUT2D eigenvalue weighted by atomic mass is 9.77. The normalized spacial score (nSPS) is 15.8. The van der Waals surface area contributed by atoms with Crippen LogP contribution < -0.4 is 0 Å². The predicted octanol–water partition coefficient (Wildman–Crippen LogP) is 5.34. The van der Waals surface area contributed by atoms with E-state index in [1.54, 1.807) is 0 Å². The number of fused-ring (bicyclic) bond motifs is 1. The highest BCUT2D eigenvalue weighted by molar-refractivity contribution is 6.07. The largest absolute Gasteiger partial charge is 0.481 e. The molecule has 0 saturated carbocycles. The van der Waals surface area contributed by atoms with Gasteiger partial charge in [0.1, 0.15) is 0 Å². The highest BCUT2D eigenvalue weighted by atomic mass is 16.4. The molecule has 1 saturated heterocycles. The smallest absolute Gasteiger partial charge is 0.303 e. The molecule has 1 aliphatic rings. The topological polar surface area (TPSA) is 57.6 Å². The van der Waals surface area contributed by atoms with Gasteiger partial charge in [0.15, 0.2) is 0 Å². The number of hydrogen-bond acceptors (Lipinski definition) is 2. The van der Waals surface area contributed by atoms with E-state index in [2.05, 4.69) is 12.1 Å². The summed E-state index contributed by atoms with van der Waals surface area (Å²) >= 11 is 0. The van der Waals surface area contributed by atoms with Gasteiger partial charge in [0.05, 0.1) is 0 Å². The van der Waals surface area contributed by atoms with Crippen LogP contribution in [0.25, 0.3) is 10.8 Å². The SMILES string of the molecule is O=C(O)CCC(c1ccccc1)C1CCN(C(=O)c2cccc3ccccc23)CC1. The molecule has 3 aromatic carbocycles. The van der Waals surface area contributed by atoms with Crippen molar-refractivity contribution in [2.24, 2.45) is 5.92 Å². The van der Waals surface area contributed by atoms with Crippen molar-refractivity contribution in [2.45, 2.75) is 31.6 Å². The number of carbonyl (C=O) groups excluding carboxylic acids is 1. The molecule has 30 heavy (non-hydrogen) atoms. The summed E-state index contributed by atoms with van der Waals surface area (Å²) in [5, 5.41) is 11.3. The fraction of sp³-hybridized carbons (Fsp3) is 0.308. The number of nitrogens with zero attached hydrogens (tertiary/aromatic N) is 1. The number of amides is 1. The Morgan fingerprint density at radius 3 is 2.30 bits per heavy atom. The summed E-state index contributed by atoms with van der Waals surface area (Å²) in [5.74, 6) is -0.0491. The van der Waals surface area contributed by atoms with Crippen LogP contribution in [0, 0.1) is 5.92 Å². The van der Waals surface area contributed by atoms with Crippen molar-refractivity contribution in [2.75, 3.05) is 13.1 Å². The van der Waals surface area contributed by atoms with Crippen molar-refractivity contribution in [1.29, 1.82) is 0 Å². The van der Waals surface area contributed by atoms with Crippen LogP contribution in [-0.4, -0.2) is 35.0 Å². The minimum Gasteiger partial charge on any atom is -0.481 e. The van der Waals surface area contributed by atoms with E-state index < -0.39 is 5.97 Å². The number of carboxylic acids is 1. The van der Waals surface area contributed by atoms with Crippen LogP contribution in [0.4, 0.5) is 0 Å². The maximum atomic E-state index is 13.2. The van der Waals surface area contributed by atoms with E-state index in [9.17, 15) is 14.7 Å². The Kier molecular flexibility index (Phi) is 6.12. The van der Waals surface area contributed by atoms with Gasteiger partial charge in [-0.3, -0.25) is 9.59 Å². The first-order valence-corrected chi connectivity index (χ1v) is 10.7. The van der Waals surface area contributed by atoms with Crippen molar-refractivity contribution < 1.29 is 14.7 Å². The monoisotopic (exact) mass is 401 g/mol. The Morgan fingerprint density at radius 1 is 0.900 bits per heavy atom. The highest BCUT2D eigenvalue weighted by Crippen LogP contribution is 2.36. The Morgan fingerprint density at radius 2 is 1.57 bits per heavy atom. The first kappa shape index (κ1) is 20.1. The van der Waals surface area contributed by atoms with Crippen molar-refractivity contribution in [1.82, 2.24) is 4.90 Å². The van der Waals surface area contributed by atoms with Crippen LogP contribution in [0.2, 0.25) is 0 Å². The zero-order valence-electron chi connectivity index (χ0n) is 17.0. The molecule has 1 unspecified atom stereocenters. The lowest BCUT2D eigenvalue weighted by Gasteiger charge is -2.36. The predicted molar refractivity (Wildman–Crippen MR) is 119 cm³/mol. The first-order chi connectivity index (χ1) is 14.6. The van der Waals surface area contributed by atoms with Crippen LogP contribution in [-0.2, 0) is 4.79 Å². The molecule has 4 nitrogen and oxygen atoms in total. The van der Waals surface area contributed by atoms with Crippen molar-refractivity contribution >= 4 is 22.6 Å². The molecule has 154 valence electrons. The molecule has 0 aromatic heterocycles. The van der Waals surface area contributed by atoms with Crippen LogP contribution in [0.1, 0.15) is 47.5 Å². The second kappa shape index (κ2) is 9.12. The van der Waals surface area contributed by atoms with Gasteiger partial charge < -0.3 is 10.0 Å². The first-order valence-electron chi connectivity index (χ1n) is 10.7. The average Bonchev–Trinajstić information content (AvgIpc) is 2.79. The summed E-state index contributed by atoms with van der Waals surface area (Å²) in [6.07, 6.45) is 2.61. The van der Waals surface area contributed by atoms with Crippen LogP contribution in [0.15, 0.2) is 72.8 Å². The van der Waals surface area contributed by atoms with E-state index in [0.29, 0.717) is 25.4 Å². The van der Waals surface area contributed by atoms with E-state index in [4.69, 9.17) is 0 Å². The molecule has 0 bridgehead atoms. The number of benzene rings is 3. The third kappa shape index (κ3) is 4.38. The van der Waals surface area contributed by atoms with Gasteiger partial charge in [-0.15, -0.1) is 0 Å². The van der Waals surface area contributed by atoms with Crippen LogP contribution in [0.3, 0.4) is 0 Å². The number of piperidine rings is 1. The zero-order valence-corrected chi connectivity index (χ0v) is 17.0. The van der Waals surface area contributed by atoms with Gasteiger partial charge in [-0.05, 0) is 53.5 Å². The molecule has 0 spiro atoms. The van der Waals surface area contributed by atoms with Gasteiger partial charge >= 0.3 is 5.97 Å². The average molecular weight is 402 g/mol. The number of carbonyl (C=O) groups is 2. The summed E-state index contributed by atoms with van der Waals surface area (Å²) < 4.78 is 0. The molecular weight excluding hydrogens is 374 g/mol. The molecule has 4 rings (SSSR count). The van der Waals surface area contributed by atoms with Crippen molar-refractivity contribution in [3.05, 3.63) is 83.9 Å². The Bertz CT molecular complexity index is 1020. The fourth-order valence-electron chi connectivity index (χ4n) is 4.74. The molecule has 1 fully saturated rings. The molecule has 1 aliphatic heterocycles. The van der Waals surface area contributed by atoms with Gasteiger partial charge in [0, 0.05) is 25.1 Å². The molecule has 1 atom stereocenters. The molecule has 1 N–H and O–H groups in total. The van der Waals surface area contributed by atoms with Gasteiger partial charge in [0.2, 0.25) is 0 Å². The van der Waals surface area contributed by atoms with E-state index >= 15 is 0 Å². The third-order valence-corrected chi connectivity index (χ3v) is 6.31. The molecular formula is C26H27NO3.